The van der Waals surface area contributed by atoms with Gasteiger partial charge in [0.15, 0.2) is 0 Å². The number of allylic oxidation sites excluding steroid dienone is 1. The van der Waals surface area contributed by atoms with Crippen LogP contribution in [0.2, 0.25) is 0 Å². The van der Waals surface area contributed by atoms with Gasteiger partial charge in [-0.15, -0.1) is 0 Å². The molecule has 120 valence electrons. The Balaban J connectivity index is 2.23. The zero-order chi connectivity index (χ0) is 17.4. The quantitative estimate of drug-likeness (QED) is 0.334. The molecule has 0 aromatic heterocycles. The molecular weight excluding hydrogens is 302 g/mol. The summed E-state index contributed by atoms with van der Waals surface area (Å²) >= 11 is 0. The van der Waals surface area contributed by atoms with Gasteiger partial charge in [0.05, 0.1) is 7.11 Å². The van der Waals surface area contributed by atoms with E-state index in [1.165, 1.54) is 7.11 Å². The van der Waals surface area contributed by atoms with E-state index < -0.39 is 0 Å². The normalized spacial score (nSPS) is 10.6. The molecule has 0 amide bonds. The standard InChI is InChI=1S/C20H17NO3/c1-3-11-24-18-9-7-15(8-10-18)12-17(14-21)20(22)16-5-4-6-19(13-16)23-2/h3-10,12-13H,1,11H2,2H3. The highest BCUT2D eigenvalue weighted by atomic mass is 16.5. The molecule has 0 fully saturated rings. The number of ether oxygens (including phenoxy) is 2. The van der Waals surface area contributed by atoms with Gasteiger partial charge in [0.1, 0.15) is 29.7 Å². The zero-order valence-corrected chi connectivity index (χ0v) is 13.4. The van der Waals surface area contributed by atoms with Crippen molar-refractivity contribution in [3.05, 3.63) is 77.9 Å². The van der Waals surface area contributed by atoms with Crippen LogP contribution in [0.3, 0.4) is 0 Å². The topological polar surface area (TPSA) is 59.3 Å². The lowest BCUT2D eigenvalue weighted by atomic mass is 10.0. The number of methoxy groups -OCH3 is 1. The number of benzene rings is 2. The first-order chi connectivity index (χ1) is 11.7. The number of rotatable bonds is 7. The fraction of sp³-hybridized carbons (Fsp3) is 0.100. The second kappa shape index (κ2) is 8.35. The van der Waals surface area contributed by atoms with Crippen LogP contribution >= 0.6 is 0 Å². The predicted octanol–water partition coefficient (Wildman–Crippen LogP) is 4.05. The lowest BCUT2D eigenvalue weighted by molar-refractivity contribution is 0.103. The number of ketones is 1. The molecule has 0 spiro atoms. The van der Waals surface area contributed by atoms with Crippen LogP contribution in [0.1, 0.15) is 15.9 Å². The fourth-order valence-electron chi connectivity index (χ4n) is 2.05. The van der Waals surface area contributed by atoms with Crippen LogP contribution in [0.15, 0.2) is 66.8 Å². The zero-order valence-electron chi connectivity index (χ0n) is 13.4. The summed E-state index contributed by atoms with van der Waals surface area (Å²) < 4.78 is 10.5. The van der Waals surface area contributed by atoms with E-state index in [-0.39, 0.29) is 11.4 Å². The Kier molecular flexibility index (Phi) is 5.93. The summed E-state index contributed by atoms with van der Waals surface area (Å²) in [6.07, 6.45) is 3.22. The smallest absolute Gasteiger partial charge is 0.203 e. The van der Waals surface area contributed by atoms with Crippen molar-refractivity contribution >= 4 is 11.9 Å². The maximum Gasteiger partial charge on any atom is 0.203 e. The van der Waals surface area contributed by atoms with Crippen molar-refractivity contribution in [1.29, 1.82) is 5.26 Å². The summed E-state index contributed by atoms with van der Waals surface area (Å²) in [5.74, 6) is 0.926. The summed E-state index contributed by atoms with van der Waals surface area (Å²) in [5, 5.41) is 9.31. The van der Waals surface area contributed by atoms with Gasteiger partial charge in [-0.2, -0.15) is 5.26 Å². The summed E-state index contributed by atoms with van der Waals surface area (Å²) in [7, 11) is 1.53. The van der Waals surface area contributed by atoms with Crippen LogP contribution in [0, 0.1) is 11.3 Å². The molecule has 0 unspecified atom stereocenters. The van der Waals surface area contributed by atoms with E-state index in [1.54, 1.807) is 60.7 Å². The van der Waals surface area contributed by atoms with E-state index in [4.69, 9.17) is 9.47 Å². The van der Waals surface area contributed by atoms with E-state index in [0.29, 0.717) is 23.7 Å². The van der Waals surface area contributed by atoms with Gasteiger partial charge in [-0.25, -0.2) is 0 Å². The molecule has 24 heavy (non-hydrogen) atoms. The number of hydrogen-bond donors (Lipinski definition) is 0. The molecule has 0 aliphatic heterocycles. The van der Waals surface area contributed by atoms with Gasteiger partial charge in [-0.1, -0.05) is 36.9 Å². The predicted molar refractivity (Wildman–Crippen MR) is 93.0 cm³/mol. The summed E-state index contributed by atoms with van der Waals surface area (Å²) in [6, 6.07) is 15.8. The Labute approximate surface area is 141 Å². The average Bonchev–Trinajstić information content (AvgIpc) is 2.64. The van der Waals surface area contributed by atoms with E-state index >= 15 is 0 Å². The van der Waals surface area contributed by atoms with Gasteiger partial charge >= 0.3 is 0 Å². The van der Waals surface area contributed by atoms with Crippen molar-refractivity contribution in [2.24, 2.45) is 0 Å². The summed E-state index contributed by atoms with van der Waals surface area (Å²) in [6.45, 7) is 4.01. The summed E-state index contributed by atoms with van der Waals surface area (Å²) in [5.41, 5.74) is 1.21. The molecule has 0 atom stereocenters. The highest BCUT2D eigenvalue weighted by Crippen LogP contribution is 2.19. The van der Waals surface area contributed by atoms with Gasteiger partial charge < -0.3 is 9.47 Å². The van der Waals surface area contributed by atoms with Gasteiger partial charge in [0, 0.05) is 5.56 Å². The molecule has 4 nitrogen and oxygen atoms in total. The lowest BCUT2D eigenvalue weighted by Crippen LogP contribution is -2.02. The van der Waals surface area contributed by atoms with Crippen molar-refractivity contribution < 1.29 is 14.3 Å². The number of carbonyl (C=O) groups excluding carboxylic acids is 1. The van der Waals surface area contributed by atoms with Crippen molar-refractivity contribution in [3.63, 3.8) is 0 Å². The molecule has 2 aromatic rings. The molecule has 0 saturated carbocycles. The maximum atomic E-state index is 12.5. The molecule has 0 aliphatic rings. The Morgan fingerprint density at radius 1 is 1.21 bits per heavy atom. The minimum absolute atomic E-state index is 0.0583. The molecule has 0 heterocycles. The van der Waals surface area contributed by atoms with E-state index in [2.05, 4.69) is 6.58 Å². The molecule has 0 bridgehead atoms. The first-order valence-electron chi connectivity index (χ1n) is 7.32. The first kappa shape index (κ1) is 17.0. The maximum absolute atomic E-state index is 12.5. The van der Waals surface area contributed by atoms with Gasteiger partial charge in [-0.05, 0) is 35.9 Å². The third-order valence-corrected chi connectivity index (χ3v) is 3.26. The number of nitrogens with zero attached hydrogens (tertiary/aromatic N) is 1. The molecule has 4 heteroatoms. The Bertz CT molecular complexity index is 798. The third kappa shape index (κ3) is 4.34. The van der Waals surface area contributed by atoms with Crippen LogP contribution in [-0.2, 0) is 0 Å². The van der Waals surface area contributed by atoms with Crippen LogP contribution in [0.5, 0.6) is 11.5 Å². The van der Waals surface area contributed by atoms with Crippen LogP contribution in [0.4, 0.5) is 0 Å². The lowest BCUT2D eigenvalue weighted by Gasteiger charge is -2.04. The van der Waals surface area contributed by atoms with Crippen LogP contribution < -0.4 is 9.47 Å². The van der Waals surface area contributed by atoms with Crippen molar-refractivity contribution in [2.45, 2.75) is 0 Å². The SMILES string of the molecule is C=CCOc1ccc(C=C(C#N)C(=O)c2cccc(OC)c2)cc1. The van der Waals surface area contributed by atoms with Crippen molar-refractivity contribution in [1.82, 2.24) is 0 Å². The Morgan fingerprint density at radius 3 is 2.58 bits per heavy atom. The van der Waals surface area contributed by atoms with Gasteiger partial charge in [0.25, 0.3) is 0 Å². The number of carbonyl (C=O) groups is 1. The minimum Gasteiger partial charge on any atom is -0.497 e. The second-order valence-electron chi connectivity index (χ2n) is 4.90. The molecule has 0 N–H and O–H groups in total. The number of hydrogen-bond acceptors (Lipinski definition) is 4. The van der Waals surface area contributed by atoms with Crippen LogP contribution in [0.25, 0.3) is 6.08 Å². The van der Waals surface area contributed by atoms with E-state index in [9.17, 15) is 10.1 Å². The minimum atomic E-state index is -0.344. The van der Waals surface area contributed by atoms with Crippen molar-refractivity contribution in [2.75, 3.05) is 13.7 Å². The highest BCUT2D eigenvalue weighted by Gasteiger charge is 2.13. The highest BCUT2D eigenvalue weighted by molar-refractivity contribution is 6.14. The second-order valence-corrected chi connectivity index (χ2v) is 4.90. The first-order valence-corrected chi connectivity index (χ1v) is 7.32. The van der Waals surface area contributed by atoms with E-state index in [1.807, 2.05) is 6.07 Å². The number of nitriles is 1. The van der Waals surface area contributed by atoms with E-state index in [0.717, 1.165) is 5.56 Å². The molecular formula is C20H17NO3. The average molecular weight is 319 g/mol. The van der Waals surface area contributed by atoms with Gasteiger partial charge in [0.2, 0.25) is 5.78 Å². The third-order valence-electron chi connectivity index (χ3n) is 3.26. The molecule has 2 aromatic carbocycles. The molecule has 2 rings (SSSR count). The fourth-order valence-corrected chi connectivity index (χ4v) is 2.05. The van der Waals surface area contributed by atoms with Crippen molar-refractivity contribution in [3.8, 4) is 17.6 Å². The van der Waals surface area contributed by atoms with Crippen LogP contribution in [-0.4, -0.2) is 19.5 Å². The number of Topliss-reactive ketones (excluding diaryl/α,β-unsaturated/α-hetero) is 1. The Morgan fingerprint density at radius 2 is 1.96 bits per heavy atom. The largest absolute Gasteiger partial charge is 0.497 e. The summed E-state index contributed by atoms with van der Waals surface area (Å²) in [4.78, 5) is 12.5. The Hall–Kier alpha value is -3.32. The molecule has 0 radical (unpaired) electrons. The monoisotopic (exact) mass is 319 g/mol. The molecule has 0 aliphatic carbocycles. The molecule has 0 saturated heterocycles. The van der Waals surface area contributed by atoms with Gasteiger partial charge in [-0.3, -0.25) is 4.79 Å².